The van der Waals surface area contributed by atoms with Crippen molar-refractivity contribution < 1.29 is 14.0 Å². The van der Waals surface area contributed by atoms with E-state index in [1.165, 1.54) is 29.3 Å². The van der Waals surface area contributed by atoms with E-state index in [-0.39, 0.29) is 12.2 Å². The van der Waals surface area contributed by atoms with Crippen LogP contribution in [-0.4, -0.2) is 29.9 Å². The number of imide groups is 1. The fraction of sp³-hybridized carbons (Fsp3) is 0.222. The van der Waals surface area contributed by atoms with Gasteiger partial charge in [0.05, 0.1) is 12.2 Å². The summed E-state index contributed by atoms with van der Waals surface area (Å²) in [4.78, 5) is 25.8. The Morgan fingerprint density at radius 1 is 1.04 bits per heavy atom. The first-order chi connectivity index (χ1) is 11.6. The Bertz CT molecular complexity index is 763. The molecule has 0 bridgehead atoms. The van der Waals surface area contributed by atoms with Gasteiger partial charge in [0.15, 0.2) is 0 Å². The predicted molar refractivity (Wildman–Crippen MR) is 89.0 cm³/mol. The number of nitrogens with one attached hydrogen (secondary N) is 2. The highest BCUT2D eigenvalue weighted by Gasteiger charge is 2.19. The quantitative estimate of drug-likeness (QED) is 0.911. The summed E-state index contributed by atoms with van der Waals surface area (Å²) >= 11 is 0. The number of nitrogens with zero attached hydrogens (tertiary/aromatic N) is 1. The van der Waals surface area contributed by atoms with Gasteiger partial charge in [-0.15, -0.1) is 0 Å². The van der Waals surface area contributed by atoms with Crippen LogP contribution < -0.4 is 10.6 Å². The number of benzene rings is 2. The summed E-state index contributed by atoms with van der Waals surface area (Å²) in [7, 11) is 0. The molecular weight excluding hydrogens is 309 g/mol. The van der Waals surface area contributed by atoms with Gasteiger partial charge in [-0.25, -0.2) is 9.18 Å². The molecule has 0 aliphatic carbocycles. The maximum absolute atomic E-state index is 13.5. The van der Waals surface area contributed by atoms with Crippen LogP contribution in [0.15, 0.2) is 48.5 Å². The van der Waals surface area contributed by atoms with Gasteiger partial charge in [0.1, 0.15) is 5.82 Å². The van der Waals surface area contributed by atoms with Crippen molar-refractivity contribution in [3.63, 3.8) is 0 Å². The van der Waals surface area contributed by atoms with Gasteiger partial charge in [0.2, 0.25) is 5.91 Å². The minimum Gasteiger partial charge on any atom is -0.305 e. The van der Waals surface area contributed by atoms with Crippen LogP contribution in [0.5, 0.6) is 0 Å². The smallest absolute Gasteiger partial charge is 0.305 e. The zero-order valence-corrected chi connectivity index (χ0v) is 13.1. The third kappa shape index (κ3) is 3.97. The number of carbonyl (C=O) groups is 2. The monoisotopic (exact) mass is 327 g/mol. The predicted octanol–water partition coefficient (Wildman–Crippen LogP) is 2.53. The van der Waals surface area contributed by atoms with Gasteiger partial charge in [-0.2, -0.15) is 0 Å². The molecule has 6 heteroatoms. The van der Waals surface area contributed by atoms with Gasteiger partial charge in [-0.05, 0) is 29.7 Å². The molecule has 1 aliphatic heterocycles. The van der Waals surface area contributed by atoms with Crippen LogP contribution >= 0.6 is 0 Å². The number of amides is 3. The Labute approximate surface area is 139 Å². The molecule has 2 N–H and O–H groups in total. The van der Waals surface area contributed by atoms with Crippen LogP contribution in [0, 0.1) is 5.82 Å². The molecule has 3 rings (SSSR count). The fourth-order valence-electron chi connectivity index (χ4n) is 2.77. The normalized spacial score (nSPS) is 13.9. The Morgan fingerprint density at radius 3 is 2.54 bits per heavy atom. The van der Waals surface area contributed by atoms with Gasteiger partial charge in [-0.3, -0.25) is 15.0 Å². The van der Waals surface area contributed by atoms with E-state index in [9.17, 15) is 14.0 Å². The Hall–Kier alpha value is -2.73. The number of carbonyl (C=O) groups excluding carboxylic acids is 2. The average Bonchev–Trinajstić information content (AvgIpc) is 2.56. The standard InChI is InChI=1S/C18H18FN3O2/c19-15-7-3-4-8-16(15)20-18(24)21-17(23)12-22-10-9-13-5-1-2-6-14(13)11-22/h1-8H,9-12H2,(H2,20,21,23,24). The number of hydrogen-bond acceptors (Lipinski definition) is 3. The molecule has 2 aromatic rings. The van der Waals surface area contributed by atoms with E-state index in [0.717, 1.165) is 13.0 Å². The van der Waals surface area contributed by atoms with E-state index in [1.54, 1.807) is 6.07 Å². The van der Waals surface area contributed by atoms with Crippen molar-refractivity contribution in [2.24, 2.45) is 0 Å². The van der Waals surface area contributed by atoms with Gasteiger partial charge < -0.3 is 5.32 Å². The molecule has 0 fully saturated rings. The molecular formula is C18H18FN3O2. The highest BCUT2D eigenvalue weighted by molar-refractivity contribution is 6.01. The first-order valence-corrected chi connectivity index (χ1v) is 7.76. The number of rotatable bonds is 3. The van der Waals surface area contributed by atoms with Crippen molar-refractivity contribution in [1.29, 1.82) is 0 Å². The van der Waals surface area contributed by atoms with Gasteiger partial charge >= 0.3 is 6.03 Å². The topological polar surface area (TPSA) is 61.4 Å². The fourth-order valence-corrected chi connectivity index (χ4v) is 2.77. The highest BCUT2D eigenvalue weighted by Crippen LogP contribution is 2.18. The molecule has 0 unspecified atom stereocenters. The second-order valence-corrected chi connectivity index (χ2v) is 5.71. The molecule has 0 saturated heterocycles. The van der Waals surface area contributed by atoms with Crippen molar-refractivity contribution in [3.8, 4) is 0 Å². The lowest BCUT2D eigenvalue weighted by Gasteiger charge is -2.27. The minimum absolute atomic E-state index is 0.0368. The van der Waals surface area contributed by atoms with Crippen LogP contribution in [0.4, 0.5) is 14.9 Å². The zero-order chi connectivity index (χ0) is 16.9. The molecule has 124 valence electrons. The van der Waals surface area contributed by atoms with E-state index in [0.29, 0.717) is 6.54 Å². The molecule has 2 aromatic carbocycles. The molecule has 5 nitrogen and oxygen atoms in total. The van der Waals surface area contributed by atoms with E-state index >= 15 is 0 Å². The first-order valence-electron chi connectivity index (χ1n) is 7.76. The summed E-state index contributed by atoms with van der Waals surface area (Å²) in [5, 5.41) is 4.56. The number of para-hydroxylation sites is 1. The number of halogens is 1. The average molecular weight is 327 g/mol. The molecule has 1 aliphatic rings. The van der Waals surface area contributed by atoms with E-state index in [2.05, 4.69) is 16.7 Å². The summed E-state index contributed by atoms with van der Waals surface area (Å²) in [6.07, 6.45) is 0.880. The van der Waals surface area contributed by atoms with Gasteiger partial charge in [0.25, 0.3) is 0 Å². The van der Waals surface area contributed by atoms with Crippen molar-refractivity contribution in [2.75, 3.05) is 18.4 Å². The first kappa shape index (κ1) is 16.1. The molecule has 0 spiro atoms. The highest BCUT2D eigenvalue weighted by atomic mass is 19.1. The van der Waals surface area contributed by atoms with Crippen LogP contribution in [0.25, 0.3) is 0 Å². The lowest BCUT2D eigenvalue weighted by Crippen LogP contribution is -2.43. The molecule has 0 aromatic heterocycles. The lowest BCUT2D eigenvalue weighted by atomic mass is 10.00. The molecule has 0 saturated carbocycles. The third-order valence-electron chi connectivity index (χ3n) is 3.95. The largest absolute Gasteiger partial charge is 0.326 e. The lowest BCUT2D eigenvalue weighted by molar-refractivity contribution is -0.121. The SMILES string of the molecule is O=C(CN1CCc2ccccc2C1)NC(=O)Nc1ccccc1F. The number of urea groups is 1. The molecule has 0 radical (unpaired) electrons. The summed E-state index contributed by atoms with van der Waals surface area (Å²) in [5.74, 6) is -0.962. The third-order valence-corrected chi connectivity index (χ3v) is 3.95. The van der Waals surface area contributed by atoms with Crippen molar-refractivity contribution >= 4 is 17.6 Å². The van der Waals surface area contributed by atoms with Gasteiger partial charge in [-0.1, -0.05) is 36.4 Å². The number of fused-ring (bicyclic) bond motifs is 1. The van der Waals surface area contributed by atoms with Crippen LogP contribution in [0.1, 0.15) is 11.1 Å². The second-order valence-electron chi connectivity index (χ2n) is 5.71. The molecule has 1 heterocycles. The summed E-state index contributed by atoms with van der Waals surface area (Å²) in [6.45, 7) is 1.57. The molecule has 3 amide bonds. The van der Waals surface area contributed by atoms with Crippen molar-refractivity contribution in [1.82, 2.24) is 10.2 Å². The second kappa shape index (κ2) is 7.23. The Kier molecular flexibility index (Phi) is 4.86. The Morgan fingerprint density at radius 2 is 1.75 bits per heavy atom. The van der Waals surface area contributed by atoms with E-state index < -0.39 is 17.8 Å². The maximum atomic E-state index is 13.5. The molecule has 0 atom stereocenters. The number of anilines is 1. The number of hydrogen-bond donors (Lipinski definition) is 2. The Balaban J connectivity index is 1.51. The van der Waals surface area contributed by atoms with E-state index in [4.69, 9.17) is 0 Å². The summed E-state index contributed by atoms with van der Waals surface area (Å²) in [6, 6.07) is 13.2. The van der Waals surface area contributed by atoms with E-state index in [1.807, 2.05) is 23.1 Å². The van der Waals surface area contributed by atoms with Crippen molar-refractivity contribution in [3.05, 3.63) is 65.5 Å². The van der Waals surface area contributed by atoms with Crippen LogP contribution in [0.3, 0.4) is 0 Å². The minimum atomic E-state index is -0.734. The zero-order valence-electron chi connectivity index (χ0n) is 13.1. The van der Waals surface area contributed by atoms with Crippen LogP contribution in [0.2, 0.25) is 0 Å². The van der Waals surface area contributed by atoms with Crippen LogP contribution in [-0.2, 0) is 17.8 Å². The summed E-state index contributed by atoms with van der Waals surface area (Å²) in [5.41, 5.74) is 2.54. The molecule has 24 heavy (non-hydrogen) atoms. The summed E-state index contributed by atoms with van der Waals surface area (Å²) < 4.78 is 13.5. The van der Waals surface area contributed by atoms with Crippen molar-refractivity contribution in [2.45, 2.75) is 13.0 Å². The van der Waals surface area contributed by atoms with Gasteiger partial charge in [0, 0.05) is 13.1 Å². The maximum Gasteiger partial charge on any atom is 0.326 e.